The van der Waals surface area contributed by atoms with E-state index in [1.165, 1.54) is 0 Å². The molecule has 0 radical (unpaired) electrons. The van der Waals surface area contributed by atoms with E-state index in [4.69, 9.17) is 0 Å². The van der Waals surface area contributed by atoms with Gasteiger partial charge in [-0.2, -0.15) is 5.10 Å². The number of piperidine rings is 1. The highest BCUT2D eigenvalue weighted by atomic mass is 16.2. The van der Waals surface area contributed by atoms with Crippen LogP contribution >= 0.6 is 0 Å². The van der Waals surface area contributed by atoms with Crippen LogP contribution in [0.25, 0.3) is 11.0 Å². The van der Waals surface area contributed by atoms with Crippen molar-refractivity contribution in [1.29, 1.82) is 0 Å². The smallest absolute Gasteiger partial charge is 0.244 e. The van der Waals surface area contributed by atoms with Gasteiger partial charge in [-0.15, -0.1) is 5.10 Å². The number of aryl methyl sites for hydroxylation is 2. The van der Waals surface area contributed by atoms with Crippen molar-refractivity contribution in [3.8, 4) is 0 Å². The molecule has 4 rings (SSSR count). The highest BCUT2D eigenvalue weighted by Gasteiger charge is 2.27. The number of aromatic nitrogens is 6. The predicted octanol–water partition coefficient (Wildman–Crippen LogP) is 1.50. The molecule has 1 aliphatic heterocycles. The van der Waals surface area contributed by atoms with Crippen LogP contribution in [0.1, 0.15) is 30.5 Å². The molecule has 3 aromatic rings. The zero-order valence-corrected chi connectivity index (χ0v) is 14.5. The van der Waals surface area contributed by atoms with Gasteiger partial charge < -0.3 is 4.90 Å². The Kier molecular flexibility index (Phi) is 3.95. The lowest BCUT2D eigenvalue weighted by molar-refractivity contribution is -0.133. The van der Waals surface area contributed by atoms with Crippen LogP contribution < -0.4 is 0 Å². The molecule has 0 unspecified atom stereocenters. The number of hydrogen-bond donors (Lipinski definition) is 0. The molecule has 0 saturated carbocycles. The highest BCUT2D eigenvalue weighted by Crippen LogP contribution is 2.22. The molecule has 8 nitrogen and oxygen atoms in total. The second kappa shape index (κ2) is 6.27. The number of likely N-dealkylation sites (tertiary alicyclic amines) is 1. The first-order chi connectivity index (χ1) is 12.1. The Balaban J connectivity index is 1.49. The second-order valence-corrected chi connectivity index (χ2v) is 6.52. The van der Waals surface area contributed by atoms with Gasteiger partial charge in [-0.25, -0.2) is 14.3 Å². The largest absolute Gasteiger partial charge is 0.339 e. The van der Waals surface area contributed by atoms with Crippen LogP contribution in [-0.2, 0) is 11.3 Å². The van der Waals surface area contributed by atoms with Gasteiger partial charge in [0.1, 0.15) is 23.7 Å². The van der Waals surface area contributed by atoms with Crippen molar-refractivity contribution in [2.45, 2.75) is 39.3 Å². The molecule has 2 aromatic heterocycles. The third-order valence-electron chi connectivity index (χ3n) is 4.71. The molecular formula is C17H21N7O. The molecule has 1 amide bonds. The number of rotatable bonds is 3. The van der Waals surface area contributed by atoms with E-state index in [1.54, 1.807) is 4.68 Å². The fourth-order valence-corrected chi connectivity index (χ4v) is 3.53. The summed E-state index contributed by atoms with van der Waals surface area (Å²) in [5.74, 6) is 1.74. The fraction of sp³-hybridized carbons (Fsp3) is 0.471. The maximum absolute atomic E-state index is 12.8. The first-order valence-electron chi connectivity index (χ1n) is 8.57. The van der Waals surface area contributed by atoms with Crippen LogP contribution in [0.3, 0.4) is 0 Å². The summed E-state index contributed by atoms with van der Waals surface area (Å²) in [6.45, 7) is 5.50. The summed E-state index contributed by atoms with van der Waals surface area (Å²) in [6.07, 6.45) is 1.98. The summed E-state index contributed by atoms with van der Waals surface area (Å²) in [4.78, 5) is 19.0. The van der Waals surface area contributed by atoms with E-state index in [9.17, 15) is 4.79 Å². The Bertz CT molecular complexity index is 913. The van der Waals surface area contributed by atoms with Crippen LogP contribution in [0.5, 0.6) is 0 Å². The number of hydrogen-bond acceptors (Lipinski definition) is 5. The topological polar surface area (TPSA) is 81.7 Å². The first kappa shape index (κ1) is 15.7. The lowest BCUT2D eigenvalue weighted by Crippen LogP contribution is -2.42. The average molecular weight is 339 g/mol. The molecule has 1 atom stereocenters. The van der Waals surface area contributed by atoms with E-state index < -0.39 is 0 Å². The predicted molar refractivity (Wildman–Crippen MR) is 91.9 cm³/mol. The Morgan fingerprint density at radius 3 is 2.92 bits per heavy atom. The summed E-state index contributed by atoms with van der Waals surface area (Å²) in [6, 6.07) is 7.87. The van der Waals surface area contributed by atoms with Gasteiger partial charge in [-0.1, -0.05) is 17.3 Å². The van der Waals surface area contributed by atoms with Crippen molar-refractivity contribution >= 4 is 16.9 Å². The van der Waals surface area contributed by atoms with E-state index in [-0.39, 0.29) is 18.5 Å². The average Bonchev–Trinajstić information content (AvgIpc) is 3.18. The van der Waals surface area contributed by atoms with Gasteiger partial charge in [0, 0.05) is 13.1 Å². The maximum Gasteiger partial charge on any atom is 0.244 e. The van der Waals surface area contributed by atoms with E-state index in [0.29, 0.717) is 6.54 Å². The van der Waals surface area contributed by atoms with Crippen molar-refractivity contribution in [1.82, 2.24) is 34.7 Å². The number of nitrogens with zero attached hydrogens (tertiary/aromatic N) is 7. The molecule has 1 aromatic carbocycles. The van der Waals surface area contributed by atoms with Crippen LogP contribution in [0.4, 0.5) is 0 Å². The number of carbonyl (C=O) groups is 1. The fourth-order valence-electron chi connectivity index (χ4n) is 3.53. The maximum atomic E-state index is 12.8. The lowest BCUT2D eigenvalue weighted by Gasteiger charge is -2.33. The van der Waals surface area contributed by atoms with Gasteiger partial charge in [-0.05, 0) is 38.8 Å². The molecule has 0 spiro atoms. The van der Waals surface area contributed by atoms with Crippen molar-refractivity contribution < 1.29 is 4.79 Å². The van der Waals surface area contributed by atoms with Gasteiger partial charge in [0.2, 0.25) is 5.91 Å². The summed E-state index contributed by atoms with van der Waals surface area (Å²) < 4.78 is 3.63. The van der Waals surface area contributed by atoms with Crippen LogP contribution in [0, 0.1) is 13.8 Å². The zero-order valence-electron chi connectivity index (χ0n) is 14.5. The normalized spacial score (nSPS) is 18.0. The first-order valence-corrected chi connectivity index (χ1v) is 8.57. The minimum atomic E-state index is 0.0647. The molecule has 0 bridgehead atoms. The summed E-state index contributed by atoms with van der Waals surface area (Å²) in [7, 11) is 0. The summed E-state index contributed by atoms with van der Waals surface area (Å²) in [5, 5.41) is 12.7. The third-order valence-corrected chi connectivity index (χ3v) is 4.71. The second-order valence-electron chi connectivity index (χ2n) is 6.52. The third kappa shape index (κ3) is 2.99. The van der Waals surface area contributed by atoms with Crippen molar-refractivity contribution in [2.75, 3.05) is 13.1 Å². The van der Waals surface area contributed by atoms with E-state index in [1.807, 2.05) is 47.7 Å². The monoisotopic (exact) mass is 339 g/mol. The summed E-state index contributed by atoms with van der Waals surface area (Å²) >= 11 is 0. The Hall–Kier alpha value is -2.77. The number of carbonyl (C=O) groups excluding carboxylic acids is 1. The molecular weight excluding hydrogens is 318 g/mol. The number of para-hydroxylation sites is 1. The molecule has 1 saturated heterocycles. The van der Waals surface area contributed by atoms with Crippen molar-refractivity contribution in [3.63, 3.8) is 0 Å². The lowest BCUT2D eigenvalue weighted by atomic mass is 10.1. The molecule has 8 heteroatoms. The quantitative estimate of drug-likeness (QED) is 0.722. The van der Waals surface area contributed by atoms with Crippen LogP contribution in [-0.4, -0.2) is 53.7 Å². The van der Waals surface area contributed by atoms with E-state index in [0.717, 1.165) is 42.1 Å². The molecule has 25 heavy (non-hydrogen) atoms. The Morgan fingerprint density at radius 1 is 1.28 bits per heavy atom. The minimum Gasteiger partial charge on any atom is -0.339 e. The molecule has 3 heterocycles. The van der Waals surface area contributed by atoms with Crippen molar-refractivity contribution in [2.24, 2.45) is 0 Å². The van der Waals surface area contributed by atoms with Crippen LogP contribution in [0.15, 0.2) is 24.3 Å². The zero-order chi connectivity index (χ0) is 17.4. The van der Waals surface area contributed by atoms with Crippen molar-refractivity contribution in [3.05, 3.63) is 35.9 Å². The van der Waals surface area contributed by atoms with Crippen LogP contribution in [0.2, 0.25) is 0 Å². The number of amides is 1. The SMILES string of the molecule is Cc1nc(C)n([C@H]2CCCN(C(=O)Cn3nnc4ccccc43)C2)n1. The standard InChI is InChI=1S/C17H21N7O/c1-12-18-13(2)24(20-12)14-6-5-9-22(10-14)17(25)11-23-16-8-4-3-7-15(16)19-21-23/h3-4,7-8,14H,5-6,9-11H2,1-2H3/t14-/m0/s1. The van der Waals surface area contributed by atoms with Gasteiger partial charge in [-0.3, -0.25) is 4.79 Å². The number of benzene rings is 1. The highest BCUT2D eigenvalue weighted by molar-refractivity contribution is 5.79. The Morgan fingerprint density at radius 2 is 2.12 bits per heavy atom. The molecule has 130 valence electrons. The van der Waals surface area contributed by atoms with Gasteiger partial charge in [0.05, 0.1) is 11.6 Å². The molecule has 0 aliphatic carbocycles. The van der Waals surface area contributed by atoms with Gasteiger partial charge >= 0.3 is 0 Å². The van der Waals surface area contributed by atoms with Gasteiger partial charge in [0.15, 0.2) is 0 Å². The van der Waals surface area contributed by atoms with Gasteiger partial charge in [0.25, 0.3) is 0 Å². The number of fused-ring (bicyclic) bond motifs is 1. The summed E-state index contributed by atoms with van der Waals surface area (Å²) in [5.41, 5.74) is 1.69. The van der Waals surface area contributed by atoms with E-state index in [2.05, 4.69) is 20.4 Å². The molecule has 1 aliphatic rings. The minimum absolute atomic E-state index is 0.0647. The molecule has 1 fully saturated rings. The molecule has 0 N–H and O–H groups in total. The van der Waals surface area contributed by atoms with E-state index >= 15 is 0 Å². The Labute approximate surface area is 145 Å².